The maximum absolute atomic E-state index is 12.5. The van der Waals surface area contributed by atoms with Gasteiger partial charge >= 0.3 is 0 Å². The average Bonchev–Trinajstić information content (AvgIpc) is 3.02. The lowest BCUT2D eigenvalue weighted by Gasteiger charge is -2.30. The quantitative estimate of drug-likeness (QED) is 0.913. The number of ether oxygens (including phenoxy) is 2. The number of aromatic nitrogens is 2. The highest BCUT2D eigenvalue weighted by atomic mass is 16.5. The van der Waals surface area contributed by atoms with Crippen LogP contribution in [0, 0.1) is 0 Å². The average molecular weight is 329 g/mol. The van der Waals surface area contributed by atoms with Gasteiger partial charge in [-0.3, -0.25) is 4.79 Å². The van der Waals surface area contributed by atoms with Crippen LogP contribution >= 0.6 is 0 Å². The molecule has 2 atom stereocenters. The van der Waals surface area contributed by atoms with Gasteiger partial charge < -0.3 is 19.4 Å². The van der Waals surface area contributed by atoms with Crippen LogP contribution < -0.4 is 5.32 Å². The number of benzene rings is 1. The highest BCUT2D eigenvalue weighted by molar-refractivity contribution is 5.94. The summed E-state index contributed by atoms with van der Waals surface area (Å²) in [5.41, 5.74) is 2.69. The van der Waals surface area contributed by atoms with Crippen LogP contribution in [0.4, 0.5) is 0 Å². The molecule has 2 heterocycles. The number of methoxy groups -OCH3 is 1. The SMILES string of the molecule is COCc1cccc(C(=O)N[C@@H]2CCO[C@@H](c3cncn3C)C2)c1. The molecule has 0 radical (unpaired) electrons. The van der Waals surface area contributed by atoms with Gasteiger partial charge in [0.25, 0.3) is 5.91 Å². The van der Waals surface area contributed by atoms with Gasteiger partial charge in [0.15, 0.2) is 0 Å². The molecule has 6 nitrogen and oxygen atoms in total. The normalized spacial score (nSPS) is 20.8. The van der Waals surface area contributed by atoms with E-state index in [-0.39, 0.29) is 18.1 Å². The van der Waals surface area contributed by atoms with Crippen LogP contribution in [-0.2, 0) is 23.1 Å². The van der Waals surface area contributed by atoms with Crippen molar-refractivity contribution in [3.8, 4) is 0 Å². The number of hydrogen-bond acceptors (Lipinski definition) is 4. The van der Waals surface area contributed by atoms with Crippen LogP contribution in [0.2, 0.25) is 0 Å². The molecular formula is C18H23N3O3. The third-order valence-electron chi connectivity index (χ3n) is 4.30. The molecule has 1 aromatic heterocycles. The summed E-state index contributed by atoms with van der Waals surface area (Å²) >= 11 is 0. The van der Waals surface area contributed by atoms with Gasteiger partial charge in [0.2, 0.25) is 0 Å². The summed E-state index contributed by atoms with van der Waals surface area (Å²) in [5.74, 6) is -0.0522. The van der Waals surface area contributed by atoms with Gasteiger partial charge in [-0.05, 0) is 30.5 Å². The number of imidazole rings is 1. The lowest BCUT2D eigenvalue weighted by Crippen LogP contribution is -2.40. The molecule has 1 aromatic carbocycles. The second-order valence-corrected chi connectivity index (χ2v) is 6.12. The number of nitrogens with zero attached hydrogens (tertiary/aromatic N) is 2. The molecule has 0 spiro atoms. The Morgan fingerprint density at radius 3 is 3.12 bits per heavy atom. The number of rotatable bonds is 5. The van der Waals surface area contributed by atoms with Crippen molar-refractivity contribution in [2.75, 3.05) is 13.7 Å². The van der Waals surface area contributed by atoms with Gasteiger partial charge in [-0.1, -0.05) is 12.1 Å². The summed E-state index contributed by atoms with van der Waals surface area (Å²) < 4.78 is 12.9. The van der Waals surface area contributed by atoms with E-state index in [4.69, 9.17) is 9.47 Å². The van der Waals surface area contributed by atoms with E-state index in [0.717, 1.165) is 24.1 Å². The van der Waals surface area contributed by atoms with Crippen LogP contribution in [0.5, 0.6) is 0 Å². The van der Waals surface area contributed by atoms with Gasteiger partial charge in [-0.25, -0.2) is 4.98 Å². The maximum Gasteiger partial charge on any atom is 0.251 e. The van der Waals surface area contributed by atoms with Crippen molar-refractivity contribution >= 4 is 5.91 Å². The van der Waals surface area contributed by atoms with E-state index in [1.807, 2.05) is 42.1 Å². The van der Waals surface area contributed by atoms with E-state index >= 15 is 0 Å². The minimum absolute atomic E-state index is 0.0311. The number of aryl methyl sites for hydroxylation is 1. The Morgan fingerprint density at radius 2 is 2.38 bits per heavy atom. The fraction of sp³-hybridized carbons (Fsp3) is 0.444. The van der Waals surface area contributed by atoms with Crippen molar-refractivity contribution in [1.29, 1.82) is 0 Å². The lowest BCUT2D eigenvalue weighted by atomic mass is 10.0. The number of hydrogen-bond donors (Lipinski definition) is 1. The smallest absolute Gasteiger partial charge is 0.251 e. The van der Waals surface area contributed by atoms with Gasteiger partial charge in [0.05, 0.1) is 24.8 Å². The molecule has 1 aliphatic heterocycles. The molecule has 3 rings (SSSR count). The van der Waals surface area contributed by atoms with Crippen molar-refractivity contribution in [2.45, 2.75) is 31.6 Å². The number of nitrogens with one attached hydrogen (secondary N) is 1. The first kappa shape index (κ1) is 16.7. The number of amides is 1. The molecular weight excluding hydrogens is 306 g/mol. The van der Waals surface area contributed by atoms with Crippen LogP contribution in [0.3, 0.4) is 0 Å². The third-order valence-corrected chi connectivity index (χ3v) is 4.30. The van der Waals surface area contributed by atoms with Crippen molar-refractivity contribution in [3.63, 3.8) is 0 Å². The minimum Gasteiger partial charge on any atom is -0.380 e. The molecule has 1 amide bonds. The first-order valence-electron chi connectivity index (χ1n) is 8.14. The summed E-state index contributed by atoms with van der Waals surface area (Å²) in [7, 11) is 3.60. The predicted molar refractivity (Wildman–Crippen MR) is 89.5 cm³/mol. The van der Waals surface area contributed by atoms with Crippen LogP contribution in [-0.4, -0.2) is 35.2 Å². The van der Waals surface area contributed by atoms with Gasteiger partial charge in [0, 0.05) is 32.4 Å². The molecule has 1 saturated heterocycles. The zero-order valence-electron chi connectivity index (χ0n) is 14.1. The van der Waals surface area contributed by atoms with E-state index in [2.05, 4.69) is 10.3 Å². The summed E-state index contributed by atoms with van der Waals surface area (Å²) in [6.45, 7) is 1.13. The summed E-state index contributed by atoms with van der Waals surface area (Å²) in [6, 6.07) is 7.62. The zero-order valence-corrected chi connectivity index (χ0v) is 14.1. The van der Waals surface area contributed by atoms with Crippen LogP contribution in [0.15, 0.2) is 36.8 Å². The molecule has 1 fully saturated rings. The molecule has 2 aromatic rings. The number of carbonyl (C=O) groups excluding carboxylic acids is 1. The van der Waals surface area contributed by atoms with Crippen molar-refractivity contribution in [1.82, 2.24) is 14.9 Å². The van der Waals surface area contributed by atoms with E-state index in [9.17, 15) is 4.79 Å². The molecule has 0 saturated carbocycles. The summed E-state index contributed by atoms with van der Waals surface area (Å²) in [6.07, 6.45) is 5.13. The second-order valence-electron chi connectivity index (χ2n) is 6.12. The standard InChI is InChI=1S/C18H23N3O3/c1-21-12-19-10-16(21)17-9-15(6-7-24-17)20-18(22)14-5-3-4-13(8-14)11-23-2/h3-5,8,10,12,15,17H,6-7,9,11H2,1-2H3,(H,20,22)/t15-,17-/m1/s1. The van der Waals surface area contributed by atoms with E-state index in [1.165, 1.54) is 0 Å². The first-order chi connectivity index (χ1) is 11.7. The largest absolute Gasteiger partial charge is 0.380 e. The monoisotopic (exact) mass is 329 g/mol. The van der Waals surface area contributed by atoms with Crippen molar-refractivity contribution < 1.29 is 14.3 Å². The predicted octanol–water partition coefficient (Wildman–Crippen LogP) is 2.22. The third kappa shape index (κ3) is 3.83. The van der Waals surface area contributed by atoms with Crippen LogP contribution in [0.25, 0.3) is 0 Å². The Labute approximate surface area is 141 Å². The molecule has 1 aliphatic rings. The van der Waals surface area contributed by atoms with E-state index in [0.29, 0.717) is 18.8 Å². The van der Waals surface area contributed by atoms with E-state index < -0.39 is 0 Å². The topological polar surface area (TPSA) is 65.4 Å². The highest BCUT2D eigenvalue weighted by Gasteiger charge is 2.27. The minimum atomic E-state index is -0.0522. The molecule has 128 valence electrons. The second kappa shape index (κ2) is 7.59. The molecule has 6 heteroatoms. The molecule has 0 unspecified atom stereocenters. The highest BCUT2D eigenvalue weighted by Crippen LogP contribution is 2.27. The Balaban J connectivity index is 1.64. The molecule has 0 bridgehead atoms. The number of carbonyl (C=O) groups is 1. The first-order valence-corrected chi connectivity index (χ1v) is 8.14. The Bertz CT molecular complexity index is 698. The molecule has 0 aliphatic carbocycles. The van der Waals surface area contributed by atoms with Crippen molar-refractivity contribution in [2.24, 2.45) is 7.05 Å². The maximum atomic E-state index is 12.5. The van der Waals surface area contributed by atoms with Gasteiger partial charge in [0.1, 0.15) is 6.10 Å². The van der Waals surface area contributed by atoms with E-state index in [1.54, 1.807) is 13.4 Å². The van der Waals surface area contributed by atoms with Gasteiger partial charge in [-0.2, -0.15) is 0 Å². The van der Waals surface area contributed by atoms with Gasteiger partial charge in [-0.15, -0.1) is 0 Å². The van der Waals surface area contributed by atoms with Crippen molar-refractivity contribution in [3.05, 3.63) is 53.6 Å². The molecule has 24 heavy (non-hydrogen) atoms. The molecule has 1 N–H and O–H groups in total. The fourth-order valence-electron chi connectivity index (χ4n) is 3.05. The zero-order chi connectivity index (χ0) is 16.9. The lowest BCUT2D eigenvalue weighted by molar-refractivity contribution is -0.00301. The van der Waals surface area contributed by atoms with Crippen LogP contribution in [0.1, 0.15) is 40.6 Å². The fourth-order valence-corrected chi connectivity index (χ4v) is 3.05. The Hall–Kier alpha value is -2.18. The summed E-state index contributed by atoms with van der Waals surface area (Å²) in [4.78, 5) is 16.7. The summed E-state index contributed by atoms with van der Waals surface area (Å²) in [5, 5.41) is 3.13. The Kier molecular flexibility index (Phi) is 5.27. The Morgan fingerprint density at radius 1 is 1.50 bits per heavy atom.